The number of nitrogens with zero attached hydrogens (tertiary/aromatic N) is 2. The maximum Gasteiger partial charge on any atom is 0.274 e. The van der Waals surface area contributed by atoms with Crippen molar-refractivity contribution in [3.63, 3.8) is 0 Å². The van der Waals surface area contributed by atoms with Crippen LogP contribution in [0.5, 0.6) is 0 Å². The van der Waals surface area contributed by atoms with Crippen molar-refractivity contribution in [1.29, 1.82) is 0 Å². The molecule has 0 fully saturated rings. The van der Waals surface area contributed by atoms with Crippen LogP contribution in [0, 0.1) is 10.1 Å². The molecule has 0 aliphatic rings. The van der Waals surface area contributed by atoms with Crippen LogP contribution in [-0.4, -0.2) is 37.5 Å². The molecular weight excluding hydrogens is 296 g/mol. The van der Waals surface area contributed by atoms with E-state index in [2.05, 4.69) is 0 Å². The summed E-state index contributed by atoms with van der Waals surface area (Å²) < 4.78 is 25.0. The molecule has 0 aromatic heterocycles. The normalized spacial score (nSPS) is 13.2. The van der Waals surface area contributed by atoms with Crippen molar-refractivity contribution in [1.82, 2.24) is 4.31 Å². The molecule has 1 rings (SSSR count). The molecule has 0 N–H and O–H groups in total. The van der Waals surface area contributed by atoms with Gasteiger partial charge in [0.15, 0.2) is 0 Å². The van der Waals surface area contributed by atoms with Crippen molar-refractivity contribution in [3.05, 3.63) is 33.9 Å². The summed E-state index contributed by atoms with van der Waals surface area (Å²) in [6, 6.07) is 3.63. The van der Waals surface area contributed by atoms with Crippen LogP contribution in [-0.2, 0) is 14.8 Å². The maximum absolute atomic E-state index is 12.0. The number of hydrogen-bond acceptors (Lipinski definition) is 5. The van der Waals surface area contributed by atoms with E-state index in [1.807, 2.05) is 0 Å². The lowest BCUT2D eigenvalue weighted by Crippen LogP contribution is -2.22. The molecule has 0 saturated carbocycles. The standard InChI is InChI=1S/C13H18N2O5S/c1-5-13(16)9(2)11-7-6-10(8-12(11)15(17)18)21(19,20)14(3)4/h6-9H,5H2,1-4H3. The molecule has 0 heterocycles. The SMILES string of the molecule is CCC(=O)C(C)c1ccc(S(=O)(=O)N(C)C)cc1[N+](=O)[O-]. The molecule has 0 spiro atoms. The summed E-state index contributed by atoms with van der Waals surface area (Å²) in [5.41, 5.74) is -0.128. The highest BCUT2D eigenvalue weighted by molar-refractivity contribution is 7.89. The average molecular weight is 314 g/mol. The largest absolute Gasteiger partial charge is 0.299 e. The third-order valence-corrected chi connectivity index (χ3v) is 5.09. The Morgan fingerprint density at radius 3 is 2.38 bits per heavy atom. The van der Waals surface area contributed by atoms with Gasteiger partial charge in [-0.25, -0.2) is 12.7 Å². The van der Waals surface area contributed by atoms with Crippen LogP contribution in [0.3, 0.4) is 0 Å². The number of sulfonamides is 1. The predicted octanol–water partition coefficient (Wildman–Crippen LogP) is 1.93. The molecule has 0 aliphatic carbocycles. The highest BCUT2D eigenvalue weighted by atomic mass is 32.2. The highest BCUT2D eigenvalue weighted by Gasteiger charge is 2.27. The Balaban J connectivity index is 3.46. The van der Waals surface area contributed by atoms with Gasteiger partial charge in [0.25, 0.3) is 5.69 Å². The van der Waals surface area contributed by atoms with Crippen LogP contribution >= 0.6 is 0 Å². The Morgan fingerprint density at radius 2 is 1.95 bits per heavy atom. The van der Waals surface area contributed by atoms with Gasteiger partial charge in [-0.15, -0.1) is 0 Å². The molecular formula is C13H18N2O5S. The van der Waals surface area contributed by atoms with E-state index < -0.39 is 20.9 Å². The number of benzene rings is 1. The zero-order chi connectivity index (χ0) is 16.4. The topological polar surface area (TPSA) is 97.6 Å². The molecule has 0 amide bonds. The minimum Gasteiger partial charge on any atom is -0.299 e. The number of carbonyl (C=O) groups is 1. The fourth-order valence-corrected chi connectivity index (χ4v) is 2.82. The first-order valence-electron chi connectivity index (χ1n) is 6.36. The molecule has 1 unspecified atom stereocenters. The number of nitro benzene ring substituents is 1. The molecule has 7 nitrogen and oxygen atoms in total. The minimum atomic E-state index is -3.76. The summed E-state index contributed by atoms with van der Waals surface area (Å²) in [6.07, 6.45) is 0.260. The molecule has 0 radical (unpaired) electrons. The Kier molecular flexibility index (Phi) is 5.19. The first-order chi connectivity index (χ1) is 9.62. The van der Waals surface area contributed by atoms with E-state index in [4.69, 9.17) is 0 Å². The average Bonchev–Trinajstić information content (AvgIpc) is 2.44. The monoisotopic (exact) mass is 314 g/mol. The first-order valence-corrected chi connectivity index (χ1v) is 7.80. The summed E-state index contributed by atoms with van der Waals surface area (Å²) >= 11 is 0. The molecule has 0 saturated heterocycles. The molecule has 1 aromatic carbocycles. The van der Waals surface area contributed by atoms with Gasteiger partial charge in [0, 0.05) is 38.1 Å². The zero-order valence-corrected chi connectivity index (χ0v) is 13.2. The fourth-order valence-electron chi connectivity index (χ4n) is 1.90. The third kappa shape index (κ3) is 3.45. The molecule has 1 atom stereocenters. The van der Waals surface area contributed by atoms with Crippen molar-refractivity contribution in [2.75, 3.05) is 14.1 Å². The number of nitro groups is 1. The van der Waals surface area contributed by atoms with Gasteiger partial charge in [0.1, 0.15) is 5.78 Å². The Hall–Kier alpha value is -1.80. The van der Waals surface area contributed by atoms with Crippen molar-refractivity contribution in [2.45, 2.75) is 31.1 Å². The quantitative estimate of drug-likeness (QED) is 0.590. The second kappa shape index (κ2) is 6.31. The molecule has 116 valence electrons. The van der Waals surface area contributed by atoms with Gasteiger partial charge < -0.3 is 0 Å². The van der Waals surface area contributed by atoms with E-state index in [-0.39, 0.29) is 28.4 Å². The summed E-state index contributed by atoms with van der Waals surface area (Å²) in [4.78, 5) is 22.1. The van der Waals surface area contributed by atoms with E-state index in [9.17, 15) is 23.3 Å². The lowest BCUT2D eigenvalue weighted by atomic mass is 9.94. The minimum absolute atomic E-state index is 0.138. The lowest BCUT2D eigenvalue weighted by molar-refractivity contribution is -0.385. The Bertz CT molecular complexity index is 667. The summed E-state index contributed by atoms with van der Waals surface area (Å²) in [5.74, 6) is -0.784. The molecule has 1 aromatic rings. The third-order valence-electron chi connectivity index (χ3n) is 3.28. The van der Waals surface area contributed by atoms with E-state index in [0.29, 0.717) is 0 Å². The van der Waals surface area contributed by atoms with Crippen molar-refractivity contribution < 1.29 is 18.1 Å². The number of Topliss-reactive ketones (excluding diaryl/α,β-unsaturated/α-hetero) is 1. The van der Waals surface area contributed by atoms with Gasteiger partial charge in [-0.1, -0.05) is 19.9 Å². The number of hydrogen-bond donors (Lipinski definition) is 0. The van der Waals surface area contributed by atoms with Gasteiger partial charge in [-0.2, -0.15) is 0 Å². The van der Waals surface area contributed by atoms with Gasteiger partial charge >= 0.3 is 0 Å². The van der Waals surface area contributed by atoms with Crippen LogP contribution in [0.2, 0.25) is 0 Å². The summed E-state index contributed by atoms with van der Waals surface area (Å²) in [5, 5.41) is 11.2. The highest BCUT2D eigenvalue weighted by Crippen LogP contribution is 2.30. The van der Waals surface area contributed by atoms with Crippen molar-refractivity contribution in [3.8, 4) is 0 Å². The number of carbonyl (C=O) groups excluding carboxylic acids is 1. The maximum atomic E-state index is 12.0. The van der Waals surface area contributed by atoms with E-state index in [0.717, 1.165) is 10.4 Å². The Morgan fingerprint density at radius 1 is 1.38 bits per heavy atom. The van der Waals surface area contributed by atoms with Crippen LogP contribution in [0.1, 0.15) is 31.7 Å². The van der Waals surface area contributed by atoms with Gasteiger partial charge in [0.2, 0.25) is 10.0 Å². The Labute approximate surface area is 123 Å². The molecule has 21 heavy (non-hydrogen) atoms. The van der Waals surface area contributed by atoms with Crippen molar-refractivity contribution in [2.24, 2.45) is 0 Å². The predicted molar refractivity (Wildman–Crippen MR) is 77.7 cm³/mol. The number of rotatable bonds is 6. The van der Waals surface area contributed by atoms with E-state index in [1.165, 1.54) is 26.2 Å². The van der Waals surface area contributed by atoms with Crippen LogP contribution in [0.15, 0.2) is 23.1 Å². The zero-order valence-electron chi connectivity index (χ0n) is 12.4. The van der Waals surface area contributed by atoms with Gasteiger partial charge in [0.05, 0.1) is 9.82 Å². The van der Waals surface area contributed by atoms with Crippen LogP contribution < -0.4 is 0 Å². The first kappa shape index (κ1) is 17.3. The van der Waals surface area contributed by atoms with E-state index >= 15 is 0 Å². The van der Waals surface area contributed by atoms with E-state index in [1.54, 1.807) is 13.8 Å². The second-order valence-corrected chi connectivity index (χ2v) is 6.96. The molecule has 0 bridgehead atoms. The van der Waals surface area contributed by atoms with Crippen LogP contribution in [0.4, 0.5) is 5.69 Å². The number of ketones is 1. The van der Waals surface area contributed by atoms with Gasteiger partial charge in [-0.3, -0.25) is 14.9 Å². The lowest BCUT2D eigenvalue weighted by Gasteiger charge is -2.14. The fraction of sp³-hybridized carbons (Fsp3) is 0.462. The molecule has 8 heteroatoms. The second-order valence-electron chi connectivity index (χ2n) is 4.81. The van der Waals surface area contributed by atoms with Crippen LogP contribution in [0.25, 0.3) is 0 Å². The smallest absolute Gasteiger partial charge is 0.274 e. The molecule has 0 aliphatic heterocycles. The summed E-state index contributed by atoms with van der Waals surface area (Å²) in [6.45, 7) is 3.25. The van der Waals surface area contributed by atoms with Gasteiger partial charge in [-0.05, 0) is 6.07 Å². The summed E-state index contributed by atoms with van der Waals surface area (Å²) in [7, 11) is -1.07. The van der Waals surface area contributed by atoms with Crippen molar-refractivity contribution >= 4 is 21.5 Å².